The van der Waals surface area contributed by atoms with Crippen LogP contribution in [0.1, 0.15) is 11.6 Å². The Labute approximate surface area is 95.3 Å². The van der Waals surface area contributed by atoms with Gasteiger partial charge in [-0.3, -0.25) is 0 Å². The molecule has 1 aromatic rings. The van der Waals surface area contributed by atoms with E-state index in [9.17, 15) is 0 Å². The van der Waals surface area contributed by atoms with Gasteiger partial charge in [-0.15, -0.1) is 19.0 Å². The zero-order chi connectivity index (χ0) is 9.97. The number of ether oxygens (including phenoxy) is 2. The van der Waals surface area contributed by atoms with Crippen LogP contribution in [0.5, 0.6) is 11.5 Å². The van der Waals surface area contributed by atoms with Crippen molar-refractivity contribution in [1.29, 1.82) is 0 Å². The molecule has 0 unspecified atom stereocenters. The lowest BCUT2D eigenvalue weighted by Gasteiger charge is -2.19. The smallest absolute Gasteiger partial charge is 0.161 e. The molecule has 2 rings (SSSR count). The van der Waals surface area contributed by atoms with Gasteiger partial charge in [0.1, 0.15) is 13.2 Å². The first kappa shape index (κ1) is 11.9. The number of benzene rings is 1. The van der Waals surface area contributed by atoms with E-state index in [-0.39, 0.29) is 18.4 Å². The van der Waals surface area contributed by atoms with Gasteiger partial charge in [0.05, 0.1) is 0 Å². The van der Waals surface area contributed by atoms with E-state index in [0.717, 1.165) is 17.1 Å². The van der Waals surface area contributed by atoms with Gasteiger partial charge in [-0.05, 0) is 17.7 Å². The van der Waals surface area contributed by atoms with Gasteiger partial charge in [0.2, 0.25) is 0 Å². The molecule has 15 heavy (non-hydrogen) atoms. The lowest BCUT2D eigenvalue weighted by atomic mass is 10.1. The molecular formula is C11H14ClNO2. The monoisotopic (exact) mass is 227 g/mol. The molecule has 0 saturated heterocycles. The summed E-state index contributed by atoms with van der Waals surface area (Å²) in [6, 6.07) is 5.57. The Kier molecular flexibility index (Phi) is 4.00. The van der Waals surface area contributed by atoms with Crippen LogP contribution in [0.3, 0.4) is 0 Å². The predicted octanol–water partition coefficient (Wildman–Crippen LogP) is 2.07. The Morgan fingerprint density at radius 1 is 1.27 bits per heavy atom. The number of fused-ring (bicyclic) bond motifs is 1. The minimum absolute atomic E-state index is 0. The van der Waals surface area contributed by atoms with E-state index in [1.165, 1.54) is 0 Å². The van der Waals surface area contributed by atoms with Gasteiger partial charge in [0, 0.05) is 6.04 Å². The lowest BCUT2D eigenvalue weighted by molar-refractivity contribution is 0.171. The normalized spacial score (nSPS) is 15.0. The van der Waals surface area contributed by atoms with Gasteiger partial charge >= 0.3 is 0 Å². The average Bonchev–Trinajstić information content (AvgIpc) is 2.27. The third-order valence-corrected chi connectivity index (χ3v) is 2.21. The van der Waals surface area contributed by atoms with Gasteiger partial charge in [0.25, 0.3) is 0 Å². The molecule has 1 aliphatic heterocycles. The van der Waals surface area contributed by atoms with Crippen LogP contribution in [0.4, 0.5) is 0 Å². The zero-order valence-electron chi connectivity index (χ0n) is 8.31. The van der Waals surface area contributed by atoms with Gasteiger partial charge in [0.15, 0.2) is 11.5 Å². The first-order valence-electron chi connectivity index (χ1n) is 4.59. The number of rotatable bonds is 2. The Balaban J connectivity index is 0.00000112. The van der Waals surface area contributed by atoms with Crippen LogP contribution in [0, 0.1) is 0 Å². The Bertz CT molecular complexity index is 354. The molecule has 0 amide bonds. The Morgan fingerprint density at radius 3 is 2.60 bits per heavy atom. The fourth-order valence-electron chi connectivity index (χ4n) is 1.40. The summed E-state index contributed by atoms with van der Waals surface area (Å²) in [7, 11) is 0. The summed E-state index contributed by atoms with van der Waals surface area (Å²) in [4.78, 5) is 0. The first-order valence-corrected chi connectivity index (χ1v) is 4.59. The number of halogens is 1. The molecule has 0 fully saturated rings. The summed E-state index contributed by atoms with van der Waals surface area (Å²) >= 11 is 0. The van der Waals surface area contributed by atoms with Crippen LogP contribution < -0.4 is 15.2 Å². The zero-order valence-corrected chi connectivity index (χ0v) is 9.13. The van der Waals surface area contributed by atoms with E-state index >= 15 is 0 Å². The second-order valence-corrected chi connectivity index (χ2v) is 3.16. The fraction of sp³-hybridized carbons (Fsp3) is 0.273. The third-order valence-electron chi connectivity index (χ3n) is 2.21. The standard InChI is InChI=1S/C11H13NO2.ClH/c1-2-9(12)8-3-4-10-11(7-8)14-6-5-13-10;/h2-4,7,9H,1,5-6,12H2;1H/t9-;/m1./s1. The molecule has 4 heteroatoms. The molecule has 0 spiro atoms. The second-order valence-electron chi connectivity index (χ2n) is 3.16. The highest BCUT2D eigenvalue weighted by Crippen LogP contribution is 2.32. The summed E-state index contributed by atoms with van der Waals surface area (Å²) in [6.45, 7) is 4.86. The van der Waals surface area contributed by atoms with E-state index in [1.807, 2.05) is 18.2 Å². The molecule has 0 bridgehead atoms. The van der Waals surface area contributed by atoms with Crippen molar-refractivity contribution in [2.75, 3.05) is 13.2 Å². The molecule has 2 N–H and O–H groups in total. The topological polar surface area (TPSA) is 44.5 Å². The van der Waals surface area contributed by atoms with Crippen molar-refractivity contribution in [3.63, 3.8) is 0 Å². The summed E-state index contributed by atoms with van der Waals surface area (Å²) in [6.07, 6.45) is 1.70. The highest BCUT2D eigenvalue weighted by atomic mass is 35.5. The number of hydrogen-bond donors (Lipinski definition) is 1. The maximum absolute atomic E-state index is 5.81. The van der Waals surface area contributed by atoms with Crippen LogP contribution >= 0.6 is 12.4 Å². The van der Waals surface area contributed by atoms with Crippen molar-refractivity contribution in [3.8, 4) is 11.5 Å². The Hall–Kier alpha value is -1.19. The molecular weight excluding hydrogens is 214 g/mol. The number of nitrogens with two attached hydrogens (primary N) is 1. The van der Waals surface area contributed by atoms with E-state index in [2.05, 4.69) is 6.58 Å². The van der Waals surface area contributed by atoms with E-state index in [0.29, 0.717) is 13.2 Å². The summed E-state index contributed by atoms with van der Waals surface area (Å²) in [5.41, 5.74) is 6.80. The van der Waals surface area contributed by atoms with Gasteiger partial charge in [-0.2, -0.15) is 0 Å². The lowest BCUT2D eigenvalue weighted by Crippen LogP contribution is -2.16. The second kappa shape index (κ2) is 5.05. The van der Waals surface area contributed by atoms with E-state index in [1.54, 1.807) is 6.08 Å². The molecule has 1 aromatic carbocycles. The van der Waals surface area contributed by atoms with Crippen molar-refractivity contribution < 1.29 is 9.47 Å². The molecule has 1 heterocycles. The van der Waals surface area contributed by atoms with Crippen molar-refractivity contribution in [2.45, 2.75) is 6.04 Å². The predicted molar refractivity (Wildman–Crippen MR) is 61.8 cm³/mol. The first-order chi connectivity index (χ1) is 6.81. The van der Waals surface area contributed by atoms with Crippen molar-refractivity contribution in [1.82, 2.24) is 0 Å². The summed E-state index contributed by atoms with van der Waals surface area (Å²) < 4.78 is 10.8. The highest BCUT2D eigenvalue weighted by Gasteiger charge is 2.12. The van der Waals surface area contributed by atoms with Gasteiger partial charge in [-0.25, -0.2) is 0 Å². The van der Waals surface area contributed by atoms with Crippen LogP contribution in [0.25, 0.3) is 0 Å². The molecule has 0 aliphatic carbocycles. The molecule has 0 saturated carbocycles. The SMILES string of the molecule is C=C[C@@H](N)c1ccc2c(c1)OCCO2.Cl. The maximum Gasteiger partial charge on any atom is 0.161 e. The van der Waals surface area contributed by atoms with Crippen molar-refractivity contribution in [2.24, 2.45) is 5.73 Å². The minimum atomic E-state index is -0.147. The molecule has 1 aliphatic rings. The highest BCUT2D eigenvalue weighted by molar-refractivity contribution is 5.85. The molecule has 1 atom stereocenters. The van der Waals surface area contributed by atoms with Gasteiger partial charge in [-0.1, -0.05) is 12.1 Å². The molecule has 3 nitrogen and oxygen atoms in total. The van der Waals surface area contributed by atoms with Crippen LogP contribution in [-0.2, 0) is 0 Å². The average molecular weight is 228 g/mol. The minimum Gasteiger partial charge on any atom is -0.486 e. The molecule has 0 radical (unpaired) electrons. The largest absolute Gasteiger partial charge is 0.486 e. The summed E-state index contributed by atoms with van der Waals surface area (Å²) in [5, 5.41) is 0. The number of hydrogen-bond acceptors (Lipinski definition) is 3. The quantitative estimate of drug-likeness (QED) is 0.787. The molecule has 0 aromatic heterocycles. The van der Waals surface area contributed by atoms with E-state index in [4.69, 9.17) is 15.2 Å². The van der Waals surface area contributed by atoms with Crippen LogP contribution in [0.15, 0.2) is 30.9 Å². The van der Waals surface area contributed by atoms with Crippen LogP contribution in [-0.4, -0.2) is 13.2 Å². The fourth-order valence-corrected chi connectivity index (χ4v) is 1.40. The summed E-state index contributed by atoms with van der Waals surface area (Å²) in [5.74, 6) is 1.56. The maximum atomic E-state index is 5.81. The van der Waals surface area contributed by atoms with E-state index < -0.39 is 0 Å². The van der Waals surface area contributed by atoms with Crippen molar-refractivity contribution in [3.05, 3.63) is 36.4 Å². The van der Waals surface area contributed by atoms with Crippen molar-refractivity contribution >= 4 is 12.4 Å². The molecule has 82 valence electrons. The van der Waals surface area contributed by atoms with Crippen LogP contribution in [0.2, 0.25) is 0 Å². The van der Waals surface area contributed by atoms with Gasteiger partial charge < -0.3 is 15.2 Å². The Morgan fingerprint density at radius 2 is 1.93 bits per heavy atom. The third kappa shape index (κ3) is 2.43.